The predicted octanol–water partition coefficient (Wildman–Crippen LogP) is 4.66. The first-order valence-corrected chi connectivity index (χ1v) is 7.08. The third-order valence-corrected chi connectivity index (χ3v) is 3.66. The second-order valence-corrected chi connectivity index (χ2v) is 5.70. The average Bonchev–Trinajstić information content (AvgIpc) is 2.80. The largest absolute Gasteiger partial charge is 0.396 e. The Hall–Kier alpha value is -2.07. The van der Waals surface area contributed by atoms with Crippen LogP contribution in [0.1, 0.15) is 19.9 Å². The summed E-state index contributed by atoms with van der Waals surface area (Å²) in [4.78, 5) is 4.61. The van der Waals surface area contributed by atoms with E-state index in [9.17, 15) is 4.39 Å². The van der Waals surface area contributed by atoms with E-state index < -0.39 is 5.82 Å². The Morgan fingerprint density at radius 2 is 1.95 bits per heavy atom. The van der Waals surface area contributed by atoms with E-state index in [0.717, 1.165) is 11.0 Å². The van der Waals surface area contributed by atoms with Crippen LogP contribution >= 0.6 is 11.6 Å². The molecule has 0 saturated heterocycles. The predicted molar refractivity (Wildman–Crippen MR) is 84.9 cm³/mol. The number of fused-ring (bicyclic) bond motifs is 1. The third kappa shape index (κ3) is 2.36. The highest BCUT2D eigenvalue weighted by atomic mass is 35.5. The molecular weight excluding hydrogens is 289 g/mol. The molecule has 3 aromatic rings. The smallest absolute Gasteiger partial charge is 0.146 e. The SMILES string of the molecule is CC(C)n1c(-c2ccc(N)c(F)c2)nc2ccc(Cl)cc21. The third-order valence-electron chi connectivity index (χ3n) is 3.43. The number of nitrogens with two attached hydrogens (primary N) is 1. The highest BCUT2D eigenvalue weighted by molar-refractivity contribution is 6.31. The molecule has 0 amide bonds. The lowest BCUT2D eigenvalue weighted by molar-refractivity contribution is 0.620. The number of nitrogen functional groups attached to an aromatic ring is 1. The Kier molecular flexibility index (Phi) is 3.33. The molecule has 2 N–H and O–H groups in total. The zero-order valence-corrected chi connectivity index (χ0v) is 12.5. The van der Waals surface area contributed by atoms with Gasteiger partial charge in [0.25, 0.3) is 0 Å². The van der Waals surface area contributed by atoms with Crippen LogP contribution < -0.4 is 5.73 Å². The van der Waals surface area contributed by atoms with Gasteiger partial charge in [0, 0.05) is 16.6 Å². The lowest BCUT2D eigenvalue weighted by Gasteiger charge is -2.13. The molecule has 0 unspecified atom stereocenters. The molecule has 21 heavy (non-hydrogen) atoms. The molecule has 1 aromatic heterocycles. The molecule has 108 valence electrons. The number of aromatic nitrogens is 2. The molecule has 0 aliphatic carbocycles. The summed E-state index contributed by atoms with van der Waals surface area (Å²) in [6.07, 6.45) is 0. The molecule has 1 heterocycles. The van der Waals surface area contributed by atoms with Crippen LogP contribution in [-0.2, 0) is 0 Å². The molecule has 0 aliphatic heterocycles. The molecular formula is C16H15ClFN3. The highest BCUT2D eigenvalue weighted by Crippen LogP contribution is 2.31. The summed E-state index contributed by atoms with van der Waals surface area (Å²) < 4.78 is 15.8. The quantitative estimate of drug-likeness (QED) is 0.700. The Labute approximate surface area is 127 Å². The van der Waals surface area contributed by atoms with Crippen LogP contribution in [0, 0.1) is 5.82 Å². The first-order valence-electron chi connectivity index (χ1n) is 6.70. The zero-order chi connectivity index (χ0) is 15.1. The van der Waals surface area contributed by atoms with Gasteiger partial charge in [-0.2, -0.15) is 0 Å². The molecule has 5 heteroatoms. The van der Waals surface area contributed by atoms with Crippen molar-refractivity contribution in [3.63, 3.8) is 0 Å². The number of hydrogen-bond acceptors (Lipinski definition) is 2. The molecule has 0 saturated carbocycles. The standard InChI is InChI=1S/C16H15ClFN3/c1-9(2)21-15-8-11(17)4-6-14(15)20-16(21)10-3-5-13(19)12(18)7-10/h3-9H,19H2,1-2H3. The van der Waals surface area contributed by atoms with Crippen molar-refractivity contribution < 1.29 is 4.39 Å². The van der Waals surface area contributed by atoms with Crippen molar-refractivity contribution in [3.8, 4) is 11.4 Å². The maximum Gasteiger partial charge on any atom is 0.146 e. The fourth-order valence-corrected chi connectivity index (χ4v) is 2.63. The van der Waals surface area contributed by atoms with Crippen LogP contribution in [-0.4, -0.2) is 9.55 Å². The van der Waals surface area contributed by atoms with Crippen molar-refractivity contribution in [2.45, 2.75) is 19.9 Å². The van der Waals surface area contributed by atoms with Crippen molar-refractivity contribution in [2.75, 3.05) is 5.73 Å². The van der Waals surface area contributed by atoms with Crippen LogP contribution in [0.2, 0.25) is 5.02 Å². The average molecular weight is 304 g/mol. The van der Waals surface area contributed by atoms with E-state index in [2.05, 4.69) is 18.8 Å². The molecule has 0 spiro atoms. The Morgan fingerprint density at radius 1 is 1.19 bits per heavy atom. The Morgan fingerprint density at radius 3 is 2.62 bits per heavy atom. The summed E-state index contributed by atoms with van der Waals surface area (Å²) in [6.45, 7) is 4.11. The number of rotatable bonds is 2. The molecule has 0 radical (unpaired) electrons. The minimum absolute atomic E-state index is 0.133. The van der Waals surface area contributed by atoms with Gasteiger partial charge in [-0.1, -0.05) is 11.6 Å². The van der Waals surface area contributed by atoms with E-state index in [1.807, 2.05) is 16.7 Å². The van der Waals surface area contributed by atoms with E-state index in [1.165, 1.54) is 6.07 Å². The summed E-state index contributed by atoms with van der Waals surface area (Å²) in [7, 11) is 0. The van der Waals surface area contributed by atoms with Gasteiger partial charge >= 0.3 is 0 Å². The number of nitrogens with zero attached hydrogens (tertiary/aromatic N) is 2. The van der Waals surface area contributed by atoms with Crippen molar-refractivity contribution in [2.24, 2.45) is 0 Å². The van der Waals surface area contributed by atoms with Gasteiger partial charge in [-0.15, -0.1) is 0 Å². The second-order valence-electron chi connectivity index (χ2n) is 5.27. The molecule has 0 aliphatic rings. The maximum absolute atomic E-state index is 13.7. The number of halogens is 2. The lowest BCUT2D eigenvalue weighted by Crippen LogP contribution is -2.03. The van der Waals surface area contributed by atoms with Gasteiger partial charge in [-0.3, -0.25) is 0 Å². The van der Waals surface area contributed by atoms with Gasteiger partial charge in [0.15, 0.2) is 0 Å². The van der Waals surface area contributed by atoms with Gasteiger partial charge in [-0.25, -0.2) is 9.37 Å². The highest BCUT2D eigenvalue weighted by Gasteiger charge is 2.16. The van der Waals surface area contributed by atoms with Crippen molar-refractivity contribution in [3.05, 3.63) is 47.2 Å². The van der Waals surface area contributed by atoms with Crippen LogP contribution in [0.5, 0.6) is 0 Å². The summed E-state index contributed by atoms with van der Waals surface area (Å²) in [5.74, 6) is 0.272. The van der Waals surface area contributed by atoms with Crippen LogP contribution in [0.25, 0.3) is 22.4 Å². The summed E-state index contributed by atoms with van der Waals surface area (Å²) >= 11 is 6.08. The van der Waals surface area contributed by atoms with Crippen molar-refractivity contribution in [1.29, 1.82) is 0 Å². The van der Waals surface area contributed by atoms with Crippen molar-refractivity contribution in [1.82, 2.24) is 9.55 Å². The topological polar surface area (TPSA) is 43.8 Å². The Balaban J connectivity index is 2.30. The molecule has 0 bridgehead atoms. The summed E-state index contributed by atoms with van der Waals surface area (Å²) in [5.41, 5.74) is 8.14. The monoisotopic (exact) mass is 303 g/mol. The number of anilines is 1. The Bertz CT molecular complexity index is 824. The summed E-state index contributed by atoms with van der Waals surface area (Å²) in [6, 6.07) is 10.5. The summed E-state index contributed by atoms with van der Waals surface area (Å²) in [5, 5.41) is 0.652. The molecule has 2 aromatic carbocycles. The number of imidazole rings is 1. The lowest BCUT2D eigenvalue weighted by atomic mass is 10.1. The molecule has 0 fully saturated rings. The number of benzene rings is 2. The first-order chi connectivity index (χ1) is 9.97. The fraction of sp³-hybridized carbons (Fsp3) is 0.188. The van der Waals surface area contributed by atoms with Gasteiger partial charge < -0.3 is 10.3 Å². The minimum atomic E-state index is -0.437. The molecule has 3 nitrogen and oxygen atoms in total. The van der Waals surface area contributed by atoms with E-state index in [0.29, 0.717) is 16.4 Å². The van der Waals surface area contributed by atoms with Gasteiger partial charge in [0.2, 0.25) is 0 Å². The van der Waals surface area contributed by atoms with Crippen LogP contribution in [0.3, 0.4) is 0 Å². The van der Waals surface area contributed by atoms with Gasteiger partial charge in [-0.05, 0) is 50.2 Å². The molecule has 3 rings (SSSR count). The minimum Gasteiger partial charge on any atom is -0.396 e. The van der Waals surface area contributed by atoms with Crippen molar-refractivity contribution >= 4 is 28.3 Å². The van der Waals surface area contributed by atoms with Crippen LogP contribution in [0.4, 0.5) is 10.1 Å². The van der Waals surface area contributed by atoms with Gasteiger partial charge in [0.1, 0.15) is 11.6 Å². The van der Waals surface area contributed by atoms with Crippen LogP contribution in [0.15, 0.2) is 36.4 Å². The number of hydrogen-bond donors (Lipinski definition) is 1. The zero-order valence-electron chi connectivity index (χ0n) is 11.8. The fourth-order valence-electron chi connectivity index (χ4n) is 2.46. The van der Waals surface area contributed by atoms with E-state index in [1.54, 1.807) is 18.2 Å². The molecule has 0 atom stereocenters. The second kappa shape index (κ2) is 5.04. The normalized spacial score (nSPS) is 11.5. The van der Waals surface area contributed by atoms with E-state index in [-0.39, 0.29) is 11.7 Å². The first kappa shape index (κ1) is 13.9. The van der Waals surface area contributed by atoms with E-state index >= 15 is 0 Å². The maximum atomic E-state index is 13.7. The van der Waals surface area contributed by atoms with E-state index in [4.69, 9.17) is 17.3 Å². The van der Waals surface area contributed by atoms with Gasteiger partial charge in [0.05, 0.1) is 16.7 Å².